The van der Waals surface area contributed by atoms with E-state index in [-0.39, 0.29) is 23.8 Å². The van der Waals surface area contributed by atoms with Crippen molar-refractivity contribution in [2.24, 2.45) is 11.7 Å². The van der Waals surface area contributed by atoms with Gasteiger partial charge in [0, 0.05) is 18.8 Å². The molecule has 3 N–H and O–H groups in total. The third kappa shape index (κ3) is 5.21. The molecule has 0 bridgehead atoms. The molecule has 8 heteroatoms. The molecule has 2 aromatic rings. The van der Waals surface area contributed by atoms with Crippen LogP contribution >= 0.6 is 0 Å². The fraction of sp³-hybridized carbons (Fsp3) is 0.333. The normalized spacial score (nSPS) is 17.6. The SMILES string of the molecule is Cc1ccc(S(=O)(=O)N2CCC[C@@H](C(=O)Nc3ccc(CC(N)=O)cc3)C2)cc1. The summed E-state index contributed by atoms with van der Waals surface area (Å²) in [7, 11) is -3.63. The molecule has 154 valence electrons. The summed E-state index contributed by atoms with van der Waals surface area (Å²) >= 11 is 0. The lowest BCUT2D eigenvalue weighted by molar-refractivity contribution is -0.121. The first-order valence-corrected chi connectivity index (χ1v) is 10.9. The van der Waals surface area contributed by atoms with E-state index in [1.54, 1.807) is 48.5 Å². The number of hydrogen-bond acceptors (Lipinski definition) is 4. The van der Waals surface area contributed by atoms with E-state index in [1.807, 2.05) is 6.92 Å². The fourth-order valence-corrected chi connectivity index (χ4v) is 4.91. The topological polar surface area (TPSA) is 110 Å². The number of hydrogen-bond donors (Lipinski definition) is 2. The molecule has 2 amide bonds. The van der Waals surface area contributed by atoms with Gasteiger partial charge >= 0.3 is 0 Å². The number of aryl methyl sites for hydroxylation is 1. The predicted octanol–water partition coefficient (Wildman–Crippen LogP) is 2.06. The summed E-state index contributed by atoms with van der Waals surface area (Å²) in [5.74, 6) is -1.05. The lowest BCUT2D eigenvalue weighted by Gasteiger charge is -2.31. The summed E-state index contributed by atoms with van der Waals surface area (Å²) in [6.45, 7) is 2.46. The van der Waals surface area contributed by atoms with Crippen LogP contribution in [-0.4, -0.2) is 37.6 Å². The molecule has 3 rings (SSSR count). The van der Waals surface area contributed by atoms with Crippen LogP contribution < -0.4 is 11.1 Å². The van der Waals surface area contributed by atoms with Crippen LogP contribution in [-0.2, 0) is 26.0 Å². The minimum atomic E-state index is -3.63. The number of nitrogens with zero attached hydrogens (tertiary/aromatic N) is 1. The number of benzene rings is 2. The average molecular weight is 416 g/mol. The minimum Gasteiger partial charge on any atom is -0.369 e. The Morgan fingerprint density at radius 2 is 1.76 bits per heavy atom. The number of carbonyl (C=O) groups excluding carboxylic acids is 2. The van der Waals surface area contributed by atoms with Crippen LogP contribution in [0, 0.1) is 12.8 Å². The molecule has 0 unspecified atom stereocenters. The Balaban J connectivity index is 1.66. The summed E-state index contributed by atoms with van der Waals surface area (Å²) in [6.07, 6.45) is 1.40. The van der Waals surface area contributed by atoms with Crippen LogP contribution in [0.5, 0.6) is 0 Å². The monoisotopic (exact) mass is 415 g/mol. The molecule has 1 fully saturated rings. The molecule has 0 saturated carbocycles. The van der Waals surface area contributed by atoms with Gasteiger partial charge in [-0.05, 0) is 49.6 Å². The summed E-state index contributed by atoms with van der Waals surface area (Å²) in [5.41, 5.74) is 7.53. The Hall–Kier alpha value is -2.71. The number of amides is 2. The van der Waals surface area contributed by atoms with Crippen LogP contribution in [0.25, 0.3) is 0 Å². The fourth-order valence-electron chi connectivity index (χ4n) is 3.39. The van der Waals surface area contributed by atoms with Gasteiger partial charge in [-0.2, -0.15) is 4.31 Å². The molecule has 2 aromatic carbocycles. The van der Waals surface area contributed by atoms with Crippen LogP contribution in [0.4, 0.5) is 5.69 Å². The second-order valence-corrected chi connectivity index (χ2v) is 9.28. The number of anilines is 1. The van der Waals surface area contributed by atoms with E-state index < -0.39 is 21.8 Å². The van der Waals surface area contributed by atoms with Crippen molar-refractivity contribution in [2.75, 3.05) is 18.4 Å². The van der Waals surface area contributed by atoms with Gasteiger partial charge in [0.2, 0.25) is 21.8 Å². The highest BCUT2D eigenvalue weighted by molar-refractivity contribution is 7.89. The highest BCUT2D eigenvalue weighted by Gasteiger charge is 2.33. The van der Waals surface area contributed by atoms with E-state index in [0.29, 0.717) is 25.1 Å². The van der Waals surface area contributed by atoms with Crippen LogP contribution in [0.15, 0.2) is 53.4 Å². The molecule has 29 heavy (non-hydrogen) atoms. The zero-order valence-corrected chi connectivity index (χ0v) is 17.1. The predicted molar refractivity (Wildman–Crippen MR) is 111 cm³/mol. The highest BCUT2D eigenvalue weighted by atomic mass is 32.2. The average Bonchev–Trinajstić information content (AvgIpc) is 2.69. The van der Waals surface area contributed by atoms with Gasteiger partial charge in [0.15, 0.2) is 0 Å². The summed E-state index contributed by atoms with van der Waals surface area (Å²) in [5, 5.41) is 2.83. The van der Waals surface area contributed by atoms with Crippen molar-refractivity contribution >= 4 is 27.5 Å². The van der Waals surface area contributed by atoms with Gasteiger partial charge in [0.25, 0.3) is 0 Å². The maximum Gasteiger partial charge on any atom is 0.243 e. The van der Waals surface area contributed by atoms with Gasteiger partial charge in [-0.15, -0.1) is 0 Å². The Bertz CT molecular complexity index is 986. The molecule has 0 radical (unpaired) electrons. The number of sulfonamides is 1. The van der Waals surface area contributed by atoms with Crippen molar-refractivity contribution in [3.63, 3.8) is 0 Å². The standard InChI is InChI=1S/C21H25N3O4S/c1-15-4-10-19(11-5-15)29(27,28)24-12-2-3-17(14-24)21(26)23-18-8-6-16(7-9-18)13-20(22)25/h4-11,17H,2-3,12-14H2,1H3,(H2,22,25)(H,23,26)/t17-/m1/s1. The first-order valence-electron chi connectivity index (χ1n) is 9.50. The number of carbonyl (C=O) groups is 2. The zero-order valence-electron chi connectivity index (χ0n) is 16.3. The Morgan fingerprint density at radius 1 is 1.10 bits per heavy atom. The van der Waals surface area contributed by atoms with E-state index in [2.05, 4.69) is 5.32 Å². The largest absolute Gasteiger partial charge is 0.369 e. The van der Waals surface area contributed by atoms with Crippen molar-refractivity contribution in [2.45, 2.75) is 31.1 Å². The molecule has 1 aliphatic heterocycles. The van der Waals surface area contributed by atoms with E-state index >= 15 is 0 Å². The molecule has 1 saturated heterocycles. The maximum atomic E-state index is 12.9. The maximum absolute atomic E-state index is 12.9. The van der Waals surface area contributed by atoms with Gasteiger partial charge in [0.05, 0.1) is 17.2 Å². The number of primary amides is 1. The van der Waals surface area contributed by atoms with E-state index in [0.717, 1.165) is 11.1 Å². The third-order valence-corrected chi connectivity index (χ3v) is 6.89. The lowest BCUT2D eigenvalue weighted by Crippen LogP contribution is -2.43. The number of rotatable bonds is 6. The molecular formula is C21H25N3O4S. The minimum absolute atomic E-state index is 0.142. The molecule has 0 aromatic heterocycles. The van der Waals surface area contributed by atoms with Crippen molar-refractivity contribution in [1.29, 1.82) is 0 Å². The number of nitrogens with two attached hydrogens (primary N) is 1. The second-order valence-electron chi connectivity index (χ2n) is 7.34. The third-order valence-electron chi connectivity index (χ3n) is 5.01. The molecule has 0 spiro atoms. The van der Waals surface area contributed by atoms with Crippen LogP contribution in [0.3, 0.4) is 0 Å². The van der Waals surface area contributed by atoms with Gasteiger partial charge in [-0.1, -0.05) is 29.8 Å². The van der Waals surface area contributed by atoms with Gasteiger partial charge in [0.1, 0.15) is 0 Å². The van der Waals surface area contributed by atoms with E-state index in [1.165, 1.54) is 4.31 Å². The van der Waals surface area contributed by atoms with Crippen molar-refractivity contribution in [3.05, 3.63) is 59.7 Å². The van der Waals surface area contributed by atoms with E-state index in [4.69, 9.17) is 5.73 Å². The van der Waals surface area contributed by atoms with Gasteiger partial charge in [-0.25, -0.2) is 8.42 Å². The summed E-state index contributed by atoms with van der Waals surface area (Å²) < 4.78 is 27.2. The van der Waals surface area contributed by atoms with Crippen molar-refractivity contribution in [3.8, 4) is 0 Å². The Kier molecular flexibility index (Phi) is 6.34. The smallest absolute Gasteiger partial charge is 0.243 e. The first kappa shape index (κ1) is 21.0. The number of nitrogens with one attached hydrogen (secondary N) is 1. The number of piperidine rings is 1. The summed E-state index contributed by atoms with van der Waals surface area (Å²) in [6, 6.07) is 13.6. The quantitative estimate of drug-likeness (QED) is 0.752. The van der Waals surface area contributed by atoms with Crippen LogP contribution in [0.2, 0.25) is 0 Å². The summed E-state index contributed by atoms with van der Waals surface area (Å²) in [4.78, 5) is 23.9. The molecule has 1 aliphatic rings. The van der Waals surface area contributed by atoms with Gasteiger partial charge in [-0.3, -0.25) is 9.59 Å². The lowest BCUT2D eigenvalue weighted by atomic mass is 9.98. The van der Waals surface area contributed by atoms with Crippen LogP contribution in [0.1, 0.15) is 24.0 Å². The first-order chi connectivity index (χ1) is 13.8. The Morgan fingerprint density at radius 3 is 2.38 bits per heavy atom. The van der Waals surface area contributed by atoms with Crippen molar-refractivity contribution < 1.29 is 18.0 Å². The van der Waals surface area contributed by atoms with Crippen molar-refractivity contribution in [1.82, 2.24) is 4.31 Å². The molecule has 1 heterocycles. The Labute approximate surface area is 171 Å². The molecular weight excluding hydrogens is 390 g/mol. The van der Waals surface area contributed by atoms with Gasteiger partial charge < -0.3 is 11.1 Å². The second kappa shape index (κ2) is 8.75. The highest BCUT2D eigenvalue weighted by Crippen LogP contribution is 2.25. The molecule has 1 atom stereocenters. The molecule has 0 aliphatic carbocycles. The zero-order chi connectivity index (χ0) is 21.0. The molecule has 7 nitrogen and oxygen atoms in total. The van der Waals surface area contributed by atoms with E-state index in [9.17, 15) is 18.0 Å².